The zero-order valence-corrected chi connectivity index (χ0v) is 15.2. The van der Waals surface area contributed by atoms with Crippen LogP contribution in [-0.2, 0) is 4.79 Å². The molecule has 0 unspecified atom stereocenters. The van der Waals surface area contributed by atoms with Gasteiger partial charge in [0.1, 0.15) is 12.4 Å². The van der Waals surface area contributed by atoms with Crippen molar-refractivity contribution in [3.05, 3.63) is 66.2 Å². The average molecular weight is 360 g/mol. The highest BCUT2D eigenvalue weighted by atomic mass is 16.5. The summed E-state index contributed by atoms with van der Waals surface area (Å²) in [7, 11) is 0. The topological polar surface area (TPSA) is 67.4 Å². The first-order valence-electron chi connectivity index (χ1n) is 8.81. The van der Waals surface area contributed by atoms with Gasteiger partial charge in [0.25, 0.3) is 5.91 Å². The number of anilines is 2. The Kier molecular flexibility index (Phi) is 4.07. The van der Waals surface area contributed by atoms with Gasteiger partial charge >= 0.3 is 0 Å². The Morgan fingerprint density at radius 3 is 2.63 bits per heavy atom. The van der Waals surface area contributed by atoms with E-state index in [-0.39, 0.29) is 18.4 Å². The molecule has 1 aliphatic rings. The molecule has 2 amide bonds. The molecule has 0 radical (unpaired) electrons. The van der Waals surface area contributed by atoms with E-state index >= 15 is 0 Å². The Morgan fingerprint density at radius 1 is 1.04 bits per heavy atom. The molecule has 0 atom stereocenters. The molecule has 0 fully saturated rings. The van der Waals surface area contributed by atoms with Crippen LogP contribution in [0.2, 0.25) is 0 Å². The molecule has 136 valence electrons. The van der Waals surface area contributed by atoms with Crippen LogP contribution in [0.15, 0.2) is 60.7 Å². The largest absolute Gasteiger partial charge is 0.490 e. The summed E-state index contributed by atoms with van der Waals surface area (Å²) in [4.78, 5) is 24.8. The summed E-state index contributed by atoms with van der Waals surface area (Å²) < 4.78 is 5.79. The number of amides is 2. The second-order valence-corrected chi connectivity index (χ2v) is 7.35. The van der Waals surface area contributed by atoms with Crippen molar-refractivity contribution in [2.45, 2.75) is 13.8 Å². The molecule has 1 aliphatic heterocycles. The van der Waals surface area contributed by atoms with Gasteiger partial charge in [-0.1, -0.05) is 30.3 Å². The van der Waals surface area contributed by atoms with E-state index in [9.17, 15) is 9.59 Å². The van der Waals surface area contributed by atoms with E-state index in [2.05, 4.69) is 10.6 Å². The van der Waals surface area contributed by atoms with Crippen molar-refractivity contribution in [3.8, 4) is 5.75 Å². The van der Waals surface area contributed by atoms with Crippen LogP contribution >= 0.6 is 0 Å². The molecule has 0 saturated heterocycles. The van der Waals surface area contributed by atoms with E-state index in [0.29, 0.717) is 22.7 Å². The Hall–Kier alpha value is -3.34. The highest BCUT2D eigenvalue weighted by Gasteiger charge is 2.32. The first-order chi connectivity index (χ1) is 12.9. The molecule has 5 nitrogen and oxygen atoms in total. The first-order valence-corrected chi connectivity index (χ1v) is 8.81. The Labute approximate surface area is 157 Å². The zero-order chi connectivity index (χ0) is 19.0. The number of carbonyl (C=O) groups is 2. The van der Waals surface area contributed by atoms with Gasteiger partial charge in [-0.25, -0.2) is 0 Å². The van der Waals surface area contributed by atoms with Crippen molar-refractivity contribution in [2.75, 3.05) is 17.2 Å². The molecular formula is C22H20N2O3. The standard InChI is InChI=1S/C22H20N2O3/c1-22(2)13-27-19-12-17(9-10-18(19)24-21(22)26)23-20(25)16-8-7-14-5-3-4-6-15(14)11-16/h3-12H,13H2,1-2H3,(H,23,25)(H,24,26). The summed E-state index contributed by atoms with van der Waals surface area (Å²) in [5, 5.41) is 7.87. The van der Waals surface area contributed by atoms with E-state index in [1.807, 2.05) is 50.2 Å². The summed E-state index contributed by atoms with van der Waals surface area (Å²) in [6.07, 6.45) is 0. The van der Waals surface area contributed by atoms with E-state index < -0.39 is 5.41 Å². The summed E-state index contributed by atoms with van der Waals surface area (Å²) in [5.74, 6) is 0.262. The SMILES string of the molecule is CC1(C)COc2cc(NC(=O)c3ccc4ccccc4c3)ccc2NC1=O. The molecule has 0 bridgehead atoms. The van der Waals surface area contributed by atoms with Crippen molar-refractivity contribution in [1.29, 1.82) is 0 Å². The molecular weight excluding hydrogens is 340 g/mol. The number of fused-ring (bicyclic) bond motifs is 2. The maximum atomic E-state index is 12.6. The molecule has 1 heterocycles. The van der Waals surface area contributed by atoms with Gasteiger partial charge in [0.15, 0.2) is 0 Å². The molecule has 2 N–H and O–H groups in total. The Morgan fingerprint density at radius 2 is 1.81 bits per heavy atom. The Balaban J connectivity index is 1.57. The first kappa shape index (κ1) is 17.1. The van der Waals surface area contributed by atoms with Crippen LogP contribution in [0.3, 0.4) is 0 Å². The van der Waals surface area contributed by atoms with E-state index in [1.54, 1.807) is 24.3 Å². The van der Waals surface area contributed by atoms with E-state index in [1.165, 1.54) is 0 Å². The molecule has 0 aliphatic carbocycles. The monoisotopic (exact) mass is 360 g/mol. The number of hydrogen-bond acceptors (Lipinski definition) is 3. The van der Waals surface area contributed by atoms with Crippen LogP contribution in [0.5, 0.6) is 5.75 Å². The van der Waals surface area contributed by atoms with Gasteiger partial charge in [-0.2, -0.15) is 0 Å². The van der Waals surface area contributed by atoms with E-state index in [4.69, 9.17) is 4.74 Å². The number of nitrogens with one attached hydrogen (secondary N) is 2. The highest BCUT2D eigenvalue weighted by Crippen LogP contribution is 2.34. The number of rotatable bonds is 2. The minimum atomic E-state index is -0.618. The lowest BCUT2D eigenvalue weighted by molar-refractivity contribution is -0.124. The summed E-state index contributed by atoms with van der Waals surface area (Å²) in [6.45, 7) is 3.93. The number of ether oxygens (including phenoxy) is 1. The van der Waals surface area contributed by atoms with Gasteiger partial charge in [0.2, 0.25) is 5.91 Å². The molecule has 27 heavy (non-hydrogen) atoms. The van der Waals surface area contributed by atoms with Crippen LogP contribution < -0.4 is 15.4 Å². The normalized spacial score (nSPS) is 15.3. The Bertz CT molecular complexity index is 1060. The van der Waals surface area contributed by atoms with Crippen LogP contribution in [0.1, 0.15) is 24.2 Å². The number of benzene rings is 3. The van der Waals surface area contributed by atoms with Crippen molar-refractivity contribution >= 4 is 34.0 Å². The molecule has 0 spiro atoms. The van der Waals surface area contributed by atoms with Crippen LogP contribution in [0.25, 0.3) is 10.8 Å². The van der Waals surface area contributed by atoms with Crippen molar-refractivity contribution in [1.82, 2.24) is 0 Å². The second kappa shape index (κ2) is 6.43. The molecule has 3 aromatic rings. The molecule has 0 aromatic heterocycles. The minimum absolute atomic E-state index is 0.0887. The minimum Gasteiger partial charge on any atom is -0.490 e. The zero-order valence-electron chi connectivity index (χ0n) is 15.2. The fourth-order valence-corrected chi connectivity index (χ4v) is 2.97. The lowest BCUT2D eigenvalue weighted by atomic mass is 9.94. The van der Waals surface area contributed by atoms with Gasteiger partial charge < -0.3 is 15.4 Å². The van der Waals surface area contributed by atoms with Gasteiger partial charge in [-0.3, -0.25) is 9.59 Å². The third kappa shape index (κ3) is 3.36. The third-order valence-electron chi connectivity index (χ3n) is 4.70. The summed E-state index contributed by atoms with van der Waals surface area (Å²) >= 11 is 0. The van der Waals surface area contributed by atoms with E-state index in [0.717, 1.165) is 10.8 Å². The van der Waals surface area contributed by atoms with Crippen LogP contribution in [0.4, 0.5) is 11.4 Å². The lowest BCUT2D eigenvalue weighted by Gasteiger charge is -2.18. The fraction of sp³-hybridized carbons (Fsp3) is 0.182. The van der Waals surface area contributed by atoms with Crippen molar-refractivity contribution < 1.29 is 14.3 Å². The van der Waals surface area contributed by atoms with Crippen molar-refractivity contribution in [2.24, 2.45) is 5.41 Å². The average Bonchev–Trinajstić information content (AvgIpc) is 2.77. The van der Waals surface area contributed by atoms with Gasteiger partial charge in [0, 0.05) is 17.3 Å². The second-order valence-electron chi connectivity index (χ2n) is 7.35. The number of carbonyl (C=O) groups excluding carboxylic acids is 2. The quantitative estimate of drug-likeness (QED) is 0.709. The molecule has 0 saturated carbocycles. The maximum absolute atomic E-state index is 12.6. The smallest absolute Gasteiger partial charge is 0.255 e. The molecule has 3 aromatic carbocycles. The van der Waals surface area contributed by atoms with Gasteiger partial charge in [0.05, 0.1) is 11.1 Å². The van der Waals surface area contributed by atoms with Crippen molar-refractivity contribution in [3.63, 3.8) is 0 Å². The summed E-state index contributed by atoms with van der Waals surface area (Å²) in [5.41, 5.74) is 1.18. The lowest BCUT2D eigenvalue weighted by Crippen LogP contribution is -2.33. The van der Waals surface area contributed by atoms with Crippen LogP contribution in [0, 0.1) is 5.41 Å². The maximum Gasteiger partial charge on any atom is 0.255 e. The predicted molar refractivity (Wildman–Crippen MR) is 106 cm³/mol. The fourth-order valence-electron chi connectivity index (χ4n) is 2.97. The molecule has 4 rings (SSSR count). The predicted octanol–water partition coefficient (Wildman–Crippen LogP) is 4.45. The van der Waals surface area contributed by atoms with Crippen LogP contribution in [-0.4, -0.2) is 18.4 Å². The number of hydrogen-bond donors (Lipinski definition) is 2. The van der Waals surface area contributed by atoms with Gasteiger partial charge in [-0.05, 0) is 48.9 Å². The summed E-state index contributed by atoms with van der Waals surface area (Å²) in [6, 6.07) is 18.7. The highest BCUT2D eigenvalue weighted by molar-refractivity contribution is 6.07. The van der Waals surface area contributed by atoms with Gasteiger partial charge in [-0.15, -0.1) is 0 Å². The molecule has 5 heteroatoms. The third-order valence-corrected chi connectivity index (χ3v) is 4.70.